The zero-order valence-corrected chi connectivity index (χ0v) is 14.8. The van der Waals surface area contributed by atoms with Crippen LogP contribution in [0.1, 0.15) is 23.2 Å². The molecule has 0 saturated carbocycles. The van der Waals surface area contributed by atoms with E-state index in [4.69, 9.17) is 0 Å². The first-order valence-corrected chi connectivity index (χ1v) is 8.66. The van der Waals surface area contributed by atoms with Crippen LogP contribution in [0.5, 0.6) is 0 Å². The summed E-state index contributed by atoms with van der Waals surface area (Å²) < 4.78 is 70.1. The first-order chi connectivity index (χ1) is 13.7. The van der Waals surface area contributed by atoms with Crippen LogP contribution in [0.3, 0.4) is 0 Å². The molecule has 150 valence electrons. The molecule has 2 aromatic heterocycles. The lowest BCUT2D eigenvalue weighted by Crippen LogP contribution is -2.44. The smallest absolute Gasteiger partial charge is 0.372 e. The molecular formula is C20H14F5N3O. The van der Waals surface area contributed by atoms with Gasteiger partial charge in [-0.1, -0.05) is 12.1 Å². The number of hydrogen-bond acceptors (Lipinski definition) is 3. The van der Waals surface area contributed by atoms with Gasteiger partial charge in [-0.3, -0.25) is 0 Å². The molecular weight excluding hydrogens is 393 g/mol. The van der Waals surface area contributed by atoms with Gasteiger partial charge in [-0.25, -0.2) is 18.4 Å². The van der Waals surface area contributed by atoms with Crippen LogP contribution in [0.4, 0.5) is 22.0 Å². The molecule has 1 aliphatic rings. The number of aliphatic hydroxyl groups is 1. The van der Waals surface area contributed by atoms with Crippen molar-refractivity contribution >= 4 is 6.08 Å². The molecule has 2 heterocycles. The molecule has 0 fully saturated rings. The number of pyridine rings is 1. The molecule has 1 atom stereocenters. The van der Waals surface area contributed by atoms with Crippen LogP contribution in [0.15, 0.2) is 54.4 Å². The maximum Gasteiger partial charge on any atom is 0.425 e. The molecule has 4 rings (SSSR count). The highest BCUT2D eigenvalue weighted by atomic mass is 19.4. The summed E-state index contributed by atoms with van der Waals surface area (Å²) in [6, 6.07) is 6.86. The lowest BCUT2D eigenvalue weighted by molar-refractivity contribution is -0.250. The van der Waals surface area contributed by atoms with Crippen LogP contribution < -0.4 is 0 Å². The zero-order valence-electron chi connectivity index (χ0n) is 14.8. The number of aromatic nitrogens is 3. The number of rotatable bonds is 3. The summed E-state index contributed by atoms with van der Waals surface area (Å²) in [5.41, 5.74) is -3.57. The predicted molar refractivity (Wildman–Crippen MR) is 94.0 cm³/mol. The number of fused-ring (bicyclic) bond motifs is 1. The summed E-state index contributed by atoms with van der Waals surface area (Å²) in [4.78, 5) is 4.18. The Bertz CT molecular complexity index is 1090. The summed E-state index contributed by atoms with van der Waals surface area (Å²) in [7, 11) is 0. The lowest BCUT2D eigenvalue weighted by atomic mass is 9.79. The minimum Gasteiger partial charge on any atom is -0.372 e. The van der Waals surface area contributed by atoms with Gasteiger partial charge >= 0.3 is 6.18 Å². The maximum atomic E-state index is 13.9. The molecule has 1 N–H and O–H groups in total. The van der Waals surface area contributed by atoms with E-state index in [1.807, 2.05) is 0 Å². The van der Waals surface area contributed by atoms with Gasteiger partial charge in [0.25, 0.3) is 0 Å². The normalized spacial score (nSPS) is 16.1. The van der Waals surface area contributed by atoms with E-state index in [0.29, 0.717) is 29.2 Å². The Balaban J connectivity index is 1.82. The van der Waals surface area contributed by atoms with E-state index < -0.39 is 29.0 Å². The van der Waals surface area contributed by atoms with Gasteiger partial charge in [-0.05, 0) is 48.8 Å². The Hall–Kier alpha value is -3.07. The summed E-state index contributed by atoms with van der Waals surface area (Å²) in [6.45, 7) is 0. The van der Waals surface area contributed by atoms with Gasteiger partial charge in [0.05, 0.1) is 11.9 Å². The predicted octanol–water partition coefficient (Wildman–Crippen LogP) is 4.33. The Morgan fingerprint density at radius 1 is 1.00 bits per heavy atom. The first kappa shape index (κ1) is 19.3. The van der Waals surface area contributed by atoms with E-state index >= 15 is 0 Å². The molecule has 0 amide bonds. The van der Waals surface area contributed by atoms with Crippen molar-refractivity contribution in [2.75, 3.05) is 0 Å². The molecule has 1 aromatic carbocycles. The van der Waals surface area contributed by atoms with E-state index in [2.05, 4.69) is 10.1 Å². The Kier molecular flexibility index (Phi) is 4.49. The van der Waals surface area contributed by atoms with Crippen LogP contribution in [0, 0.1) is 11.6 Å². The van der Waals surface area contributed by atoms with Gasteiger partial charge in [0, 0.05) is 17.3 Å². The van der Waals surface area contributed by atoms with Crippen molar-refractivity contribution in [3.05, 3.63) is 82.8 Å². The van der Waals surface area contributed by atoms with Gasteiger partial charge in [0.2, 0.25) is 5.60 Å². The van der Waals surface area contributed by atoms with Crippen molar-refractivity contribution in [3.8, 4) is 5.82 Å². The fraction of sp³-hybridized carbons (Fsp3) is 0.200. The van der Waals surface area contributed by atoms with Gasteiger partial charge in [0.15, 0.2) is 17.5 Å². The minimum atomic E-state index is -5.14. The Labute approximate surface area is 161 Å². The number of benzene rings is 1. The summed E-state index contributed by atoms with van der Waals surface area (Å²) in [5, 5.41) is 14.9. The van der Waals surface area contributed by atoms with Crippen molar-refractivity contribution < 1.29 is 27.1 Å². The third kappa shape index (κ3) is 3.11. The van der Waals surface area contributed by atoms with Gasteiger partial charge < -0.3 is 5.11 Å². The molecule has 1 aliphatic carbocycles. The van der Waals surface area contributed by atoms with Crippen LogP contribution >= 0.6 is 0 Å². The number of nitrogens with zero attached hydrogens (tertiary/aromatic N) is 3. The monoisotopic (exact) mass is 407 g/mol. The third-order valence-corrected chi connectivity index (χ3v) is 4.94. The second-order valence-corrected chi connectivity index (χ2v) is 6.65. The van der Waals surface area contributed by atoms with Gasteiger partial charge in [0.1, 0.15) is 0 Å². The van der Waals surface area contributed by atoms with Crippen LogP contribution in [0.25, 0.3) is 11.9 Å². The molecule has 3 aromatic rings. The zero-order chi connectivity index (χ0) is 20.8. The summed E-state index contributed by atoms with van der Waals surface area (Å²) >= 11 is 0. The highest BCUT2D eigenvalue weighted by Gasteiger charge is 2.57. The summed E-state index contributed by atoms with van der Waals surface area (Å²) in [5.74, 6) is -2.25. The molecule has 0 bridgehead atoms. The number of alkyl halides is 3. The molecule has 0 radical (unpaired) electrons. The van der Waals surface area contributed by atoms with E-state index in [1.54, 1.807) is 24.4 Å². The Morgan fingerprint density at radius 3 is 2.45 bits per heavy atom. The van der Waals surface area contributed by atoms with Crippen molar-refractivity contribution in [1.82, 2.24) is 14.8 Å². The first-order valence-electron chi connectivity index (χ1n) is 8.66. The molecule has 0 spiro atoms. The van der Waals surface area contributed by atoms with Crippen molar-refractivity contribution in [2.45, 2.75) is 24.6 Å². The second-order valence-electron chi connectivity index (χ2n) is 6.65. The quantitative estimate of drug-likeness (QED) is 0.658. The highest BCUT2D eigenvalue weighted by Crippen LogP contribution is 2.48. The number of hydrogen-bond donors (Lipinski definition) is 1. The molecule has 0 aliphatic heterocycles. The van der Waals surface area contributed by atoms with Crippen molar-refractivity contribution in [1.29, 1.82) is 0 Å². The van der Waals surface area contributed by atoms with Crippen LogP contribution in [-0.4, -0.2) is 26.0 Å². The maximum absolute atomic E-state index is 13.9. The standard InChI is InChI=1S/C20H14F5N3O/c21-15-6-4-14(10-16(15)22)19(29,20(23,24)25)13-5-7-17-12(9-13)11-27-28(17)18-3-1-2-8-26-18/h1-4,6,8-11,29H,5,7H2. The Morgan fingerprint density at radius 2 is 1.79 bits per heavy atom. The van der Waals surface area contributed by atoms with E-state index in [-0.39, 0.29) is 18.4 Å². The summed E-state index contributed by atoms with van der Waals surface area (Å²) in [6.07, 6.45) is -0.998. The fourth-order valence-corrected chi connectivity index (χ4v) is 3.48. The second kappa shape index (κ2) is 6.77. The molecule has 9 heteroatoms. The fourth-order valence-electron chi connectivity index (χ4n) is 3.48. The molecule has 29 heavy (non-hydrogen) atoms. The molecule has 0 saturated heterocycles. The van der Waals surface area contributed by atoms with Crippen LogP contribution in [-0.2, 0) is 12.0 Å². The molecule has 4 nitrogen and oxygen atoms in total. The SMILES string of the molecule is OC(C1=Cc2cnn(-c3ccccn3)c2CC1)(c1ccc(F)c(F)c1)C(F)(F)F. The third-order valence-electron chi connectivity index (χ3n) is 4.94. The average Bonchev–Trinajstić information content (AvgIpc) is 3.12. The topological polar surface area (TPSA) is 50.9 Å². The van der Waals surface area contributed by atoms with Crippen molar-refractivity contribution in [3.63, 3.8) is 0 Å². The van der Waals surface area contributed by atoms with E-state index in [0.717, 1.165) is 6.07 Å². The molecule has 1 unspecified atom stereocenters. The van der Waals surface area contributed by atoms with Gasteiger partial charge in [-0.2, -0.15) is 18.3 Å². The van der Waals surface area contributed by atoms with Crippen molar-refractivity contribution in [2.24, 2.45) is 0 Å². The van der Waals surface area contributed by atoms with E-state index in [9.17, 15) is 27.1 Å². The van der Waals surface area contributed by atoms with E-state index in [1.165, 1.54) is 17.0 Å². The van der Waals surface area contributed by atoms with Crippen LogP contribution in [0.2, 0.25) is 0 Å². The average molecular weight is 407 g/mol. The number of halogens is 5. The highest BCUT2D eigenvalue weighted by molar-refractivity contribution is 5.62. The largest absolute Gasteiger partial charge is 0.425 e. The lowest BCUT2D eigenvalue weighted by Gasteiger charge is -2.35. The minimum absolute atomic E-state index is 0.152. The van der Waals surface area contributed by atoms with Gasteiger partial charge in [-0.15, -0.1) is 0 Å².